The van der Waals surface area contributed by atoms with Crippen LogP contribution in [0.3, 0.4) is 0 Å². The number of rotatable bonds is 6. The van der Waals surface area contributed by atoms with Gasteiger partial charge in [0.25, 0.3) is 0 Å². The van der Waals surface area contributed by atoms with E-state index in [1.807, 2.05) is 0 Å². The van der Waals surface area contributed by atoms with Gasteiger partial charge in [-0.1, -0.05) is 6.08 Å². The van der Waals surface area contributed by atoms with E-state index in [0.717, 1.165) is 0 Å². The third-order valence-corrected chi connectivity index (χ3v) is 1.48. The molecule has 0 amide bonds. The first kappa shape index (κ1) is 10.5. The van der Waals surface area contributed by atoms with Crippen molar-refractivity contribution in [2.75, 3.05) is 12.3 Å². The van der Waals surface area contributed by atoms with E-state index in [2.05, 4.69) is 24.5 Å². The summed E-state index contributed by atoms with van der Waals surface area (Å²) in [5.41, 5.74) is 0. The maximum Gasteiger partial charge on any atom is 0.320 e. The van der Waals surface area contributed by atoms with Gasteiger partial charge in [-0.15, -0.1) is 6.58 Å². The smallest absolute Gasteiger partial charge is 0.320 e. The van der Waals surface area contributed by atoms with E-state index >= 15 is 0 Å². The van der Waals surface area contributed by atoms with Crippen molar-refractivity contribution in [2.24, 2.45) is 0 Å². The highest BCUT2D eigenvalue weighted by Crippen LogP contribution is 1.93. The molecule has 0 spiro atoms. The third-order valence-electron chi connectivity index (χ3n) is 1.22. The minimum Gasteiger partial charge on any atom is -0.480 e. The molecule has 0 heterocycles. The molecule has 0 radical (unpaired) electrons. The molecule has 0 aromatic heterocycles. The molecule has 11 heavy (non-hydrogen) atoms. The Morgan fingerprint density at radius 1 is 1.82 bits per heavy atom. The normalized spacial score (nSPS) is 12.5. The van der Waals surface area contributed by atoms with Crippen molar-refractivity contribution in [3.63, 3.8) is 0 Å². The van der Waals surface area contributed by atoms with Crippen LogP contribution in [0.5, 0.6) is 0 Å². The lowest BCUT2D eigenvalue weighted by Crippen LogP contribution is -2.36. The van der Waals surface area contributed by atoms with Gasteiger partial charge in [0.15, 0.2) is 0 Å². The molecule has 0 bridgehead atoms. The van der Waals surface area contributed by atoms with Gasteiger partial charge in [0.2, 0.25) is 0 Å². The minimum absolute atomic E-state index is 0.495. The second kappa shape index (κ2) is 6.24. The number of hydrogen-bond donors (Lipinski definition) is 3. The van der Waals surface area contributed by atoms with Crippen LogP contribution < -0.4 is 5.32 Å². The number of carbonyl (C=O) groups is 1. The number of hydrogen-bond acceptors (Lipinski definition) is 3. The van der Waals surface area contributed by atoms with Gasteiger partial charge >= 0.3 is 5.97 Å². The molecule has 0 aliphatic rings. The molecular weight excluding hydrogens is 162 g/mol. The van der Waals surface area contributed by atoms with Gasteiger partial charge in [-0.25, -0.2) is 0 Å². The standard InChI is InChI=1S/C7H13NO2S/c1-2-4-8-6(3-5-11)7(9)10/h2,6,8,11H,1,3-5H2,(H,9,10). The van der Waals surface area contributed by atoms with Gasteiger partial charge < -0.3 is 10.4 Å². The summed E-state index contributed by atoms with van der Waals surface area (Å²) in [6, 6.07) is -0.495. The quantitative estimate of drug-likeness (QED) is 0.408. The Morgan fingerprint density at radius 3 is 2.82 bits per heavy atom. The first-order valence-corrected chi connectivity index (χ1v) is 4.03. The van der Waals surface area contributed by atoms with Crippen molar-refractivity contribution >= 4 is 18.6 Å². The summed E-state index contributed by atoms with van der Waals surface area (Å²) in [7, 11) is 0. The summed E-state index contributed by atoms with van der Waals surface area (Å²) in [5, 5.41) is 11.4. The summed E-state index contributed by atoms with van der Waals surface area (Å²) in [6.07, 6.45) is 2.17. The van der Waals surface area contributed by atoms with E-state index in [4.69, 9.17) is 5.11 Å². The Balaban J connectivity index is 3.68. The number of carboxylic acids is 1. The Hall–Kier alpha value is -0.480. The number of aliphatic carboxylic acids is 1. The lowest BCUT2D eigenvalue weighted by atomic mass is 10.2. The van der Waals surface area contributed by atoms with Crippen molar-refractivity contribution in [1.29, 1.82) is 0 Å². The van der Waals surface area contributed by atoms with Crippen LogP contribution in [0.1, 0.15) is 6.42 Å². The molecule has 0 aliphatic carbocycles. The number of thiol groups is 1. The molecule has 1 unspecified atom stereocenters. The van der Waals surface area contributed by atoms with Crippen LogP contribution in [0, 0.1) is 0 Å². The maximum atomic E-state index is 10.5. The molecule has 0 saturated carbocycles. The summed E-state index contributed by atoms with van der Waals surface area (Å²) in [5.74, 6) is -0.262. The predicted molar refractivity (Wildman–Crippen MR) is 48.1 cm³/mol. The first-order valence-electron chi connectivity index (χ1n) is 3.40. The van der Waals surface area contributed by atoms with Crippen molar-refractivity contribution in [3.8, 4) is 0 Å². The van der Waals surface area contributed by atoms with Gasteiger partial charge in [-0.05, 0) is 12.2 Å². The van der Waals surface area contributed by atoms with Crippen molar-refractivity contribution in [1.82, 2.24) is 5.32 Å². The van der Waals surface area contributed by atoms with E-state index in [-0.39, 0.29) is 0 Å². The largest absolute Gasteiger partial charge is 0.480 e. The van der Waals surface area contributed by atoms with Crippen molar-refractivity contribution < 1.29 is 9.90 Å². The van der Waals surface area contributed by atoms with Gasteiger partial charge in [0.1, 0.15) is 6.04 Å². The van der Waals surface area contributed by atoms with Crippen LogP contribution >= 0.6 is 12.6 Å². The average molecular weight is 175 g/mol. The van der Waals surface area contributed by atoms with Gasteiger partial charge in [0, 0.05) is 6.54 Å². The summed E-state index contributed by atoms with van der Waals surface area (Å²) >= 11 is 3.95. The van der Waals surface area contributed by atoms with Crippen molar-refractivity contribution in [3.05, 3.63) is 12.7 Å². The number of nitrogens with one attached hydrogen (secondary N) is 1. The fourth-order valence-corrected chi connectivity index (χ4v) is 0.926. The Kier molecular flexibility index (Phi) is 5.97. The molecule has 64 valence electrons. The Bertz CT molecular complexity index is 138. The fourth-order valence-electron chi connectivity index (χ4n) is 0.668. The molecule has 0 aromatic carbocycles. The highest BCUT2D eigenvalue weighted by molar-refractivity contribution is 7.80. The Morgan fingerprint density at radius 2 is 2.45 bits per heavy atom. The monoisotopic (exact) mass is 175 g/mol. The topological polar surface area (TPSA) is 49.3 Å². The molecule has 0 saturated heterocycles. The van der Waals surface area contributed by atoms with Gasteiger partial charge in [-0.3, -0.25) is 4.79 Å². The lowest BCUT2D eigenvalue weighted by Gasteiger charge is -2.10. The van der Waals surface area contributed by atoms with E-state index < -0.39 is 12.0 Å². The molecule has 1 atom stereocenters. The molecule has 0 fully saturated rings. The summed E-state index contributed by atoms with van der Waals surface area (Å²) in [6.45, 7) is 4.00. The van der Waals surface area contributed by atoms with Crippen LogP contribution in [0.4, 0.5) is 0 Å². The molecule has 0 aromatic rings. The second-order valence-corrected chi connectivity index (χ2v) is 2.55. The predicted octanol–water partition coefficient (Wildman–Crippen LogP) is 0.535. The Labute approximate surface area is 71.9 Å². The zero-order valence-electron chi connectivity index (χ0n) is 6.29. The highest BCUT2D eigenvalue weighted by atomic mass is 32.1. The van der Waals surface area contributed by atoms with E-state index in [0.29, 0.717) is 18.7 Å². The van der Waals surface area contributed by atoms with Gasteiger partial charge in [-0.2, -0.15) is 12.6 Å². The average Bonchev–Trinajstić information content (AvgIpc) is 1.97. The van der Waals surface area contributed by atoms with E-state index in [1.165, 1.54) is 0 Å². The molecule has 0 rings (SSSR count). The SMILES string of the molecule is C=CCNC(CCS)C(=O)O. The third kappa shape index (κ3) is 4.86. The van der Waals surface area contributed by atoms with Crippen LogP contribution in [0.25, 0.3) is 0 Å². The second-order valence-electron chi connectivity index (χ2n) is 2.10. The zero-order valence-corrected chi connectivity index (χ0v) is 7.18. The van der Waals surface area contributed by atoms with E-state index in [9.17, 15) is 4.79 Å². The van der Waals surface area contributed by atoms with Crippen LogP contribution in [0.15, 0.2) is 12.7 Å². The maximum absolute atomic E-state index is 10.5. The molecule has 2 N–H and O–H groups in total. The number of carboxylic acid groups (broad SMARTS) is 1. The van der Waals surface area contributed by atoms with Crippen LogP contribution in [-0.2, 0) is 4.79 Å². The fraction of sp³-hybridized carbons (Fsp3) is 0.571. The minimum atomic E-state index is -0.832. The van der Waals surface area contributed by atoms with Crippen LogP contribution in [-0.4, -0.2) is 29.4 Å². The van der Waals surface area contributed by atoms with Crippen molar-refractivity contribution in [2.45, 2.75) is 12.5 Å². The molecule has 0 aliphatic heterocycles. The molecular formula is C7H13NO2S. The summed E-state index contributed by atoms with van der Waals surface area (Å²) in [4.78, 5) is 10.5. The zero-order chi connectivity index (χ0) is 8.69. The molecule has 4 heteroatoms. The summed E-state index contributed by atoms with van der Waals surface area (Å²) < 4.78 is 0. The van der Waals surface area contributed by atoms with Gasteiger partial charge in [0.05, 0.1) is 0 Å². The molecule has 3 nitrogen and oxygen atoms in total. The first-order chi connectivity index (χ1) is 5.22. The van der Waals surface area contributed by atoms with Crippen LogP contribution in [0.2, 0.25) is 0 Å². The highest BCUT2D eigenvalue weighted by Gasteiger charge is 2.13. The van der Waals surface area contributed by atoms with E-state index in [1.54, 1.807) is 6.08 Å². The lowest BCUT2D eigenvalue weighted by molar-refractivity contribution is -0.139.